The molecule has 2 nitrogen and oxygen atoms in total. The maximum Gasteiger partial charge on any atom is 0.248 e. The number of fused-ring (bicyclic) bond motifs is 1. The second-order valence-corrected chi connectivity index (χ2v) is 4.75. The summed E-state index contributed by atoms with van der Waals surface area (Å²) in [6.07, 6.45) is 0. The summed E-state index contributed by atoms with van der Waals surface area (Å²) in [5, 5.41) is 1.04. The molecule has 0 fully saturated rings. The fraction of sp³-hybridized carbons (Fsp3) is 0. The quantitative estimate of drug-likeness (QED) is 0.729. The molecule has 0 aliphatic carbocycles. The summed E-state index contributed by atoms with van der Waals surface area (Å²) in [7, 11) is 0. The molecule has 2 aromatic rings. The highest BCUT2D eigenvalue weighted by atomic mass is 127. The number of rotatable bonds is 0. The smallest absolute Gasteiger partial charge is 0.248 e. The van der Waals surface area contributed by atoms with Gasteiger partial charge in [-0.15, -0.1) is 0 Å². The third kappa shape index (κ3) is 1.78. The van der Waals surface area contributed by atoms with E-state index >= 15 is 0 Å². The van der Waals surface area contributed by atoms with E-state index in [1.54, 1.807) is 0 Å². The molecular formula is C9H5BrINO. The van der Waals surface area contributed by atoms with Crippen molar-refractivity contribution in [3.63, 3.8) is 0 Å². The zero-order chi connectivity index (χ0) is 9.42. The first-order valence-electron chi connectivity index (χ1n) is 3.65. The normalized spacial score (nSPS) is 10.6. The molecule has 1 N–H and O–H groups in total. The first kappa shape index (κ1) is 9.21. The predicted octanol–water partition coefficient (Wildman–Crippen LogP) is 2.90. The Bertz CT molecular complexity index is 520. The molecule has 0 saturated heterocycles. The topological polar surface area (TPSA) is 32.9 Å². The minimum atomic E-state index is -0.0623. The Balaban J connectivity index is 2.95. The average Bonchev–Trinajstić information content (AvgIpc) is 2.06. The second-order valence-electron chi connectivity index (χ2n) is 2.67. The molecule has 2 rings (SSSR count). The van der Waals surface area contributed by atoms with E-state index in [2.05, 4.69) is 43.5 Å². The van der Waals surface area contributed by atoms with Crippen LogP contribution in [-0.2, 0) is 0 Å². The van der Waals surface area contributed by atoms with Crippen LogP contribution in [-0.4, -0.2) is 4.98 Å². The minimum Gasteiger partial charge on any atom is -0.321 e. The van der Waals surface area contributed by atoms with Crippen LogP contribution >= 0.6 is 38.5 Å². The molecule has 0 saturated carbocycles. The van der Waals surface area contributed by atoms with E-state index in [-0.39, 0.29) is 5.56 Å². The number of hydrogen-bond donors (Lipinski definition) is 1. The van der Waals surface area contributed by atoms with Crippen molar-refractivity contribution in [3.8, 4) is 0 Å². The number of halogens is 2. The van der Waals surface area contributed by atoms with Crippen molar-refractivity contribution in [1.29, 1.82) is 0 Å². The SMILES string of the molecule is O=c1ccc2cc(Br)cc(I)c2[nH]1. The van der Waals surface area contributed by atoms with E-state index < -0.39 is 0 Å². The van der Waals surface area contributed by atoms with Crippen LogP contribution in [0.1, 0.15) is 0 Å². The summed E-state index contributed by atoms with van der Waals surface area (Å²) < 4.78 is 2.07. The van der Waals surface area contributed by atoms with Gasteiger partial charge in [-0.2, -0.15) is 0 Å². The highest BCUT2D eigenvalue weighted by Crippen LogP contribution is 2.22. The maximum absolute atomic E-state index is 11.0. The van der Waals surface area contributed by atoms with E-state index in [0.29, 0.717) is 0 Å². The first-order valence-corrected chi connectivity index (χ1v) is 5.52. The van der Waals surface area contributed by atoms with Crippen molar-refractivity contribution in [2.24, 2.45) is 0 Å². The summed E-state index contributed by atoms with van der Waals surface area (Å²) in [6.45, 7) is 0. The zero-order valence-corrected chi connectivity index (χ0v) is 10.2. The van der Waals surface area contributed by atoms with Gasteiger partial charge in [0.1, 0.15) is 0 Å². The van der Waals surface area contributed by atoms with E-state index in [9.17, 15) is 4.79 Å². The Morgan fingerprint density at radius 1 is 1.31 bits per heavy atom. The number of aromatic nitrogens is 1. The van der Waals surface area contributed by atoms with Crippen LogP contribution in [0.2, 0.25) is 0 Å². The molecule has 1 aromatic heterocycles. The lowest BCUT2D eigenvalue weighted by atomic mass is 10.2. The summed E-state index contributed by atoms with van der Waals surface area (Å²) in [6, 6.07) is 7.30. The maximum atomic E-state index is 11.0. The minimum absolute atomic E-state index is 0.0623. The number of pyridine rings is 1. The Kier molecular flexibility index (Phi) is 2.42. The Morgan fingerprint density at radius 3 is 2.85 bits per heavy atom. The lowest BCUT2D eigenvalue weighted by Crippen LogP contribution is -2.03. The van der Waals surface area contributed by atoms with E-state index in [4.69, 9.17) is 0 Å². The molecule has 4 heteroatoms. The van der Waals surface area contributed by atoms with Gasteiger partial charge in [-0.3, -0.25) is 4.79 Å². The number of H-pyrrole nitrogens is 1. The average molecular weight is 350 g/mol. The van der Waals surface area contributed by atoms with Gasteiger partial charge in [0, 0.05) is 19.5 Å². The van der Waals surface area contributed by atoms with Crippen molar-refractivity contribution in [2.45, 2.75) is 0 Å². The van der Waals surface area contributed by atoms with Crippen molar-refractivity contribution in [3.05, 3.63) is 42.7 Å². The van der Waals surface area contributed by atoms with Gasteiger partial charge in [0.25, 0.3) is 0 Å². The van der Waals surface area contributed by atoms with Gasteiger partial charge in [0.05, 0.1) is 5.52 Å². The fourth-order valence-corrected chi connectivity index (χ4v) is 2.87. The lowest BCUT2D eigenvalue weighted by Gasteiger charge is -2.00. The Labute approximate surface area is 96.6 Å². The van der Waals surface area contributed by atoms with Crippen molar-refractivity contribution in [2.75, 3.05) is 0 Å². The molecule has 1 aromatic carbocycles. The number of benzene rings is 1. The third-order valence-corrected chi connectivity index (χ3v) is 3.06. The molecule has 1 heterocycles. The molecule has 0 bridgehead atoms. The van der Waals surface area contributed by atoms with Crippen molar-refractivity contribution < 1.29 is 0 Å². The van der Waals surface area contributed by atoms with Gasteiger partial charge in [0.15, 0.2) is 0 Å². The van der Waals surface area contributed by atoms with Crippen LogP contribution in [0, 0.1) is 3.57 Å². The molecule has 0 unspecified atom stereocenters. The summed E-state index contributed by atoms with van der Waals surface area (Å²) in [5.74, 6) is 0. The van der Waals surface area contributed by atoms with Crippen LogP contribution in [0.25, 0.3) is 10.9 Å². The number of nitrogens with one attached hydrogen (secondary N) is 1. The van der Waals surface area contributed by atoms with Crippen LogP contribution < -0.4 is 5.56 Å². The van der Waals surface area contributed by atoms with E-state index in [1.165, 1.54) is 6.07 Å². The molecule has 13 heavy (non-hydrogen) atoms. The second kappa shape index (κ2) is 3.42. The van der Waals surface area contributed by atoms with Gasteiger partial charge in [-0.25, -0.2) is 0 Å². The predicted molar refractivity (Wildman–Crippen MR) is 65.0 cm³/mol. The molecule has 66 valence electrons. The number of hydrogen-bond acceptors (Lipinski definition) is 1. The molecule has 0 atom stereocenters. The molecule has 0 spiro atoms. The third-order valence-electron chi connectivity index (χ3n) is 1.75. The van der Waals surface area contributed by atoms with Crippen LogP contribution in [0.5, 0.6) is 0 Å². The highest BCUT2D eigenvalue weighted by Gasteiger charge is 2.00. The summed E-state index contributed by atoms with van der Waals surface area (Å²) >= 11 is 5.61. The van der Waals surface area contributed by atoms with Crippen LogP contribution in [0.4, 0.5) is 0 Å². The van der Waals surface area contributed by atoms with E-state index in [1.807, 2.05) is 18.2 Å². The molecule has 0 aliphatic rings. The monoisotopic (exact) mass is 349 g/mol. The van der Waals surface area contributed by atoms with Gasteiger partial charge in [0.2, 0.25) is 5.56 Å². The molecular weight excluding hydrogens is 345 g/mol. The summed E-state index contributed by atoms with van der Waals surface area (Å²) in [5.41, 5.74) is 0.837. The van der Waals surface area contributed by atoms with Gasteiger partial charge in [-0.1, -0.05) is 15.9 Å². The standard InChI is InChI=1S/C9H5BrINO/c10-6-3-5-1-2-8(13)12-9(5)7(11)4-6/h1-4H,(H,12,13). The highest BCUT2D eigenvalue weighted by molar-refractivity contribution is 14.1. The fourth-order valence-electron chi connectivity index (χ4n) is 1.19. The molecule has 0 radical (unpaired) electrons. The van der Waals surface area contributed by atoms with Gasteiger partial charge >= 0.3 is 0 Å². The molecule has 0 amide bonds. The Morgan fingerprint density at radius 2 is 2.08 bits per heavy atom. The van der Waals surface area contributed by atoms with Gasteiger partial charge < -0.3 is 4.98 Å². The zero-order valence-electron chi connectivity index (χ0n) is 6.47. The van der Waals surface area contributed by atoms with Gasteiger partial charge in [-0.05, 0) is 40.8 Å². The molecule has 0 aliphatic heterocycles. The Hall–Kier alpha value is -0.360. The summed E-state index contributed by atoms with van der Waals surface area (Å²) in [4.78, 5) is 13.9. The first-order chi connectivity index (χ1) is 6.16. The van der Waals surface area contributed by atoms with Crippen LogP contribution in [0.3, 0.4) is 0 Å². The van der Waals surface area contributed by atoms with Crippen molar-refractivity contribution >= 4 is 49.4 Å². The lowest BCUT2D eigenvalue weighted by molar-refractivity contribution is 1.30. The van der Waals surface area contributed by atoms with Crippen molar-refractivity contribution in [1.82, 2.24) is 4.98 Å². The van der Waals surface area contributed by atoms with Crippen LogP contribution in [0.15, 0.2) is 33.5 Å². The largest absolute Gasteiger partial charge is 0.321 e. The number of aromatic amines is 1. The van der Waals surface area contributed by atoms with E-state index in [0.717, 1.165) is 18.9 Å².